The first-order valence-corrected chi connectivity index (χ1v) is 8.35. The second kappa shape index (κ2) is 7.50. The molecule has 1 heterocycles. The van der Waals surface area contributed by atoms with E-state index in [1.165, 1.54) is 5.56 Å². The first-order chi connectivity index (χ1) is 11.2. The van der Waals surface area contributed by atoms with Gasteiger partial charge in [-0.15, -0.1) is 0 Å². The number of nitriles is 1. The molecular formula is C19H20ClN3. The minimum Gasteiger partial charge on any atom is -0.380 e. The molecule has 1 unspecified atom stereocenters. The van der Waals surface area contributed by atoms with Crippen LogP contribution in [0.3, 0.4) is 0 Å². The highest BCUT2D eigenvalue weighted by molar-refractivity contribution is 6.30. The third kappa shape index (κ3) is 4.25. The number of anilines is 1. The highest BCUT2D eigenvalue weighted by Gasteiger charge is 2.20. The smallest absolute Gasteiger partial charge is 0.101 e. The van der Waals surface area contributed by atoms with E-state index in [2.05, 4.69) is 40.6 Å². The number of rotatable bonds is 4. The van der Waals surface area contributed by atoms with Crippen LogP contribution in [-0.4, -0.2) is 24.0 Å². The van der Waals surface area contributed by atoms with Gasteiger partial charge in [-0.05, 0) is 43.1 Å². The Hall–Kier alpha value is -2.02. The molecule has 1 aliphatic rings. The summed E-state index contributed by atoms with van der Waals surface area (Å²) >= 11 is 6.07. The van der Waals surface area contributed by atoms with Crippen molar-refractivity contribution in [1.82, 2.24) is 4.90 Å². The lowest BCUT2D eigenvalue weighted by Crippen LogP contribution is -2.41. The molecule has 3 rings (SSSR count). The number of hydrogen-bond acceptors (Lipinski definition) is 3. The third-order valence-electron chi connectivity index (χ3n) is 4.22. The molecule has 23 heavy (non-hydrogen) atoms. The van der Waals surface area contributed by atoms with Gasteiger partial charge in [-0.25, -0.2) is 0 Å². The number of likely N-dealkylation sites (tertiary alicyclic amines) is 1. The van der Waals surface area contributed by atoms with E-state index in [9.17, 15) is 5.26 Å². The molecule has 2 aromatic rings. The largest absolute Gasteiger partial charge is 0.380 e. The minimum absolute atomic E-state index is 0.345. The van der Waals surface area contributed by atoms with Gasteiger partial charge in [-0.3, -0.25) is 4.90 Å². The highest BCUT2D eigenvalue weighted by atomic mass is 35.5. The van der Waals surface area contributed by atoms with E-state index in [4.69, 9.17) is 11.6 Å². The van der Waals surface area contributed by atoms with Gasteiger partial charge in [-0.1, -0.05) is 41.9 Å². The van der Waals surface area contributed by atoms with E-state index < -0.39 is 0 Å². The van der Waals surface area contributed by atoms with Crippen molar-refractivity contribution in [2.75, 3.05) is 18.4 Å². The molecule has 1 fully saturated rings. The second-order valence-corrected chi connectivity index (χ2v) is 6.44. The fraction of sp³-hybridized carbons (Fsp3) is 0.316. The van der Waals surface area contributed by atoms with E-state index >= 15 is 0 Å². The van der Waals surface area contributed by atoms with Crippen LogP contribution >= 0.6 is 11.6 Å². The van der Waals surface area contributed by atoms with E-state index in [1.807, 2.05) is 12.1 Å². The van der Waals surface area contributed by atoms with Gasteiger partial charge in [0.2, 0.25) is 0 Å². The van der Waals surface area contributed by atoms with Crippen LogP contribution in [0.25, 0.3) is 0 Å². The fourth-order valence-electron chi connectivity index (χ4n) is 3.11. The molecule has 0 aliphatic carbocycles. The Morgan fingerprint density at radius 3 is 2.83 bits per heavy atom. The molecule has 4 heteroatoms. The van der Waals surface area contributed by atoms with Crippen molar-refractivity contribution in [2.45, 2.75) is 25.4 Å². The molecule has 0 amide bonds. The summed E-state index contributed by atoms with van der Waals surface area (Å²) in [5, 5.41) is 13.4. The standard InChI is InChI=1S/C19H20ClN3/c20-17-9-8-16(12-21)19(11-17)22-18-7-4-10-23(14-18)13-15-5-2-1-3-6-15/h1-3,5-6,8-9,11,18,22H,4,7,10,13-14H2. The zero-order valence-corrected chi connectivity index (χ0v) is 13.8. The van der Waals surface area contributed by atoms with Crippen LogP contribution in [0, 0.1) is 11.3 Å². The van der Waals surface area contributed by atoms with E-state index in [0.29, 0.717) is 16.6 Å². The molecule has 0 aromatic heterocycles. The first kappa shape index (κ1) is 15.9. The minimum atomic E-state index is 0.345. The fourth-order valence-corrected chi connectivity index (χ4v) is 3.28. The van der Waals surface area contributed by atoms with Crippen molar-refractivity contribution in [3.8, 4) is 6.07 Å². The molecule has 2 aromatic carbocycles. The Bertz CT molecular complexity index is 694. The number of benzene rings is 2. The van der Waals surface area contributed by atoms with Crippen molar-refractivity contribution < 1.29 is 0 Å². The van der Waals surface area contributed by atoms with Gasteiger partial charge in [0, 0.05) is 24.2 Å². The van der Waals surface area contributed by atoms with Crippen LogP contribution in [0.2, 0.25) is 5.02 Å². The Labute approximate surface area is 142 Å². The van der Waals surface area contributed by atoms with Gasteiger partial charge >= 0.3 is 0 Å². The second-order valence-electron chi connectivity index (χ2n) is 6.01. The lowest BCUT2D eigenvalue weighted by atomic mass is 10.0. The zero-order valence-electron chi connectivity index (χ0n) is 13.0. The summed E-state index contributed by atoms with van der Waals surface area (Å²) in [6.45, 7) is 3.07. The number of hydrogen-bond donors (Lipinski definition) is 1. The Balaban J connectivity index is 1.65. The maximum absolute atomic E-state index is 9.24. The van der Waals surface area contributed by atoms with Crippen LogP contribution in [-0.2, 0) is 6.54 Å². The zero-order chi connectivity index (χ0) is 16.1. The van der Waals surface area contributed by atoms with Gasteiger partial charge in [-0.2, -0.15) is 5.26 Å². The lowest BCUT2D eigenvalue weighted by molar-refractivity contribution is 0.208. The summed E-state index contributed by atoms with van der Waals surface area (Å²) < 4.78 is 0. The van der Waals surface area contributed by atoms with Crippen molar-refractivity contribution in [1.29, 1.82) is 5.26 Å². The molecule has 0 bridgehead atoms. The predicted octanol–water partition coefficient (Wildman–Crippen LogP) is 4.29. The Morgan fingerprint density at radius 2 is 2.04 bits per heavy atom. The van der Waals surface area contributed by atoms with Crippen LogP contribution in [0.1, 0.15) is 24.0 Å². The molecule has 118 valence electrons. The van der Waals surface area contributed by atoms with Gasteiger partial charge < -0.3 is 5.32 Å². The van der Waals surface area contributed by atoms with Crippen LogP contribution in [0.4, 0.5) is 5.69 Å². The quantitative estimate of drug-likeness (QED) is 0.911. The van der Waals surface area contributed by atoms with Crippen LogP contribution in [0.15, 0.2) is 48.5 Å². The van der Waals surface area contributed by atoms with Gasteiger partial charge in [0.1, 0.15) is 6.07 Å². The molecule has 1 N–H and O–H groups in total. The summed E-state index contributed by atoms with van der Waals surface area (Å²) in [6, 6.07) is 18.5. The van der Waals surface area contributed by atoms with Crippen molar-refractivity contribution in [3.63, 3.8) is 0 Å². The van der Waals surface area contributed by atoms with Gasteiger partial charge in [0.05, 0.1) is 11.3 Å². The van der Waals surface area contributed by atoms with Crippen LogP contribution in [0.5, 0.6) is 0 Å². The molecule has 1 atom stereocenters. The summed E-state index contributed by atoms with van der Waals surface area (Å²) in [5.74, 6) is 0. The van der Waals surface area contributed by atoms with E-state index in [0.717, 1.165) is 38.2 Å². The summed E-state index contributed by atoms with van der Waals surface area (Å²) in [4.78, 5) is 2.47. The van der Waals surface area contributed by atoms with Crippen LogP contribution < -0.4 is 5.32 Å². The molecule has 3 nitrogen and oxygen atoms in total. The maximum Gasteiger partial charge on any atom is 0.101 e. The average molecular weight is 326 g/mol. The summed E-state index contributed by atoms with van der Waals surface area (Å²) in [7, 11) is 0. The molecular weight excluding hydrogens is 306 g/mol. The Kier molecular flexibility index (Phi) is 5.17. The lowest BCUT2D eigenvalue weighted by Gasteiger charge is -2.34. The third-order valence-corrected chi connectivity index (χ3v) is 4.45. The van der Waals surface area contributed by atoms with E-state index in [1.54, 1.807) is 12.1 Å². The number of halogens is 1. The van der Waals surface area contributed by atoms with E-state index in [-0.39, 0.29) is 0 Å². The normalized spacial score (nSPS) is 18.3. The van der Waals surface area contributed by atoms with Gasteiger partial charge in [0.25, 0.3) is 0 Å². The maximum atomic E-state index is 9.24. The SMILES string of the molecule is N#Cc1ccc(Cl)cc1NC1CCCN(Cc2ccccc2)C1. The average Bonchev–Trinajstić information content (AvgIpc) is 2.56. The topological polar surface area (TPSA) is 39.1 Å². The molecule has 0 saturated carbocycles. The predicted molar refractivity (Wildman–Crippen MR) is 94.5 cm³/mol. The molecule has 0 spiro atoms. The molecule has 0 radical (unpaired) electrons. The number of piperidine rings is 1. The van der Waals surface area contributed by atoms with Crippen molar-refractivity contribution >= 4 is 17.3 Å². The molecule has 1 saturated heterocycles. The number of nitrogens with zero attached hydrogens (tertiary/aromatic N) is 2. The monoisotopic (exact) mass is 325 g/mol. The Morgan fingerprint density at radius 1 is 1.22 bits per heavy atom. The van der Waals surface area contributed by atoms with Gasteiger partial charge in [0.15, 0.2) is 0 Å². The summed E-state index contributed by atoms with van der Waals surface area (Å²) in [5.41, 5.74) is 2.83. The number of nitrogens with one attached hydrogen (secondary N) is 1. The van der Waals surface area contributed by atoms with Crippen molar-refractivity contribution in [3.05, 3.63) is 64.7 Å². The summed E-state index contributed by atoms with van der Waals surface area (Å²) in [6.07, 6.45) is 2.27. The highest BCUT2D eigenvalue weighted by Crippen LogP contribution is 2.24. The first-order valence-electron chi connectivity index (χ1n) is 7.97. The van der Waals surface area contributed by atoms with Crippen molar-refractivity contribution in [2.24, 2.45) is 0 Å². The molecule has 1 aliphatic heterocycles.